The van der Waals surface area contributed by atoms with Gasteiger partial charge in [-0.05, 0) is 42.7 Å². The Balaban J connectivity index is 1.23. The molecule has 3 aromatic heterocycles. The van der Waals surface area contributed by atoms with E-state index in [0.717, 1.165) is 25.0 Å². The number of hydrogen-bond donors (Lipinski definition) is 1. The smallest absolute Gasteiger partial charge is 0.347 e. The summed E-state index contributed by atoms with van der Waals surface area (Å²) in [7, 11) is 0. The minimum Gasteiger partial charge on any atom is -0.347 e. The summed E-state index contributed by atoms with van der Waals surface area (Å²) in [6, 6.07) is 8.30. The lowest BCUT2D eigenvalue weighted by atomic mass is 10.1. The van der Waals surface area contributed by atoms with E-state index in [2.05, 4.69) is 25.4 Å². The van der Waals surface area contributed by atoms with E-state index in [1.54, 1.807) is 22.9 Å². The van der Waals surface area contributed by atoms with Crippen LogP contribution in [0.3, 0.4) is 0 Å². The number of hydrogen-bond acceptors (Lipinski definition) is 6. The first-order chi connectivity index (χ1) is 15.9. The fraction of sp³-hybridized carbons (Fsp3) is 0.227. The number of benzene rings is 1. The third-order valence-corrected chi connectivity index (χ3v) is 5.17. The molecule has 5 rings (SSSR count). The molecule has 0 aliphatic heterocycles. The molecular weight excluding hydrogens is 437 g/mol. The first-order valence-corrected chi connectivity index (χ1v) is 10.2. The summed E-state index contributed by atoms with van der Waals surface area (Å²) >= 11 is 0. The number of halogens is 3. The van der Waals surface area contributed by atoms with Crippen molar-refractivity contribution in [2.45, 2.75) is 31.5 Å². The zero-order valence-electron chi connectivity index (χ0n) is 17.1. The van der Waals surface area contributed by atoms with Gasteiger partial charge >= 0.3 is 6.18 Å². The summed E-state index contributed by atoms with van der Waals surface area (Å²) in [6.45, 7) is -0.0599. The number of aromatic nitrogens is 5. The van der Waals surface area contributed by atoms with Crippen LogP contribution in [0.5, 0.6) is 0 Å². The van der Waals surface area contributed by atoms with E-state index in [1.807, 2.05) is 0 Å². The van der Waals surface area contributed by atoms with E-state index in [9.17, 15) is 18.0 Å². The van der Waals surface area contributed by atoms with Crippen molar-refractivity contribution < 1.29 is 22.5 Å². The quantitative estimate of drug-likeness (QED) is 0.470. The van der Waals surface area contributed by atoms with Gasteiger partial charge in [-0.2, -0.15) is 18.2 Å². The zero-order chi connectivity index (χ0) is 23.0. The van der Waals surface area contributed by atoms with Crippen molar-refractivity contribution in [3.05, 3.63) is 77.8 Å². The highest BCUT2D eigenvalue weighted by molar-refractivity contribution is 5.92. The maximum Gasteiger partial charge on any atom is 0.416 e. The number of rotatable bonds is 6. The molecule has 0 bridgehead atoms. The summed E-state index contributed by atoms with van der Waals surface area (Å²) in [6.07, 6.45) is 2.22. The Morgan fingerprint density at radius 2 is 2.03 bits per heavy atom. The van der Waals surface area contributed by atoms with Gasteiger partial charge in [0, 0.05) is 24.9 Å². The normalized spacial score (nSPS) is 13.8. The van der Waals surface area contributed by atoms with Crippen LogP contribution in [0.1, 0.15) is 46.2 Å². The van der Waals surface area contributed by atoms with E-state index in [1.165, 1.54) is 24.7 Å². The highest BCUT2D eigenvalue weighted by Crippen LogP contribution is 2.38. The zero-order valence-corrected chi connectivity index (χ0v) is 17.1. The Bertz CT molecular complexity index is 1290. The lowest BCUT2D eigenvalue weighted by Gasteiger charge is -2.09. The standard InChI is InChI=1S/C22H17F3N6O2/c23-22(24,25)16-3-1-2-13(8-16)9-27-20(32)17-11-31(12-28-17)18-7-6-15(10-26-18)21-29-19(30-33-21)14-4-5-14/h1-3,6-8,10-12,14H,4-5,9H2,(H,27,32). The molecule has 0 spiro atoms. The number of amides is 1. The van der Waals surface area contributed by atoms with Crippen LogP contribution in [0, 0.1) is 0 Å². The van der Waals surface area contributed by atoms with E-state index in [-0.39, 0.29) is 12.2 Å². The second-order valence-corrected chi connectivity index (χ2v) is 7.68. The molecule has 11 heteroatoms. The number of nitrogens with one attached hydrogen (secondary N) is 1. The van der Waals surface area contributed by atoms with Crippen molar-refractivity contribution in [1.29, 1.82) is 0 Å². The van der Waals surface area contributed by atoms with Crippen molar-refractivity contribution in [2.75, 3.05) is 0 Å². The molecule has 4 aromatic rings. The molecule has 0 unspecified atom stereocenters. The number of pyridine rings is 1. The van der Waals surface area contributed by atoms with E-state index < -0.39 is 17.6 Å². The van der Waals surface area contributed by atoms with Crippen molar-refractivity contribution >= 4 is 5.91 Å². The summed E-state index contributed by atoms with van der Waals surface area (Å²) in [4.78, 5) is 25.2. The monoisotopic (exact) mass is 454 g/mol. The Morgan fingerprint density at radius 1 is 1.18 bits per heavy atom. The van der Waals surface area contributed by atoms with Crippen LogP contribution in [-0.2, 0) is 12.7 Å². The maximum atomic E-state index is 12.8. The second-order valence-electron chi connectivity index (χ2n) is 7.68. The van der Waals surface area contributed by atoms with Gasteiger partial charge in [0.15, 0.2) is 5.82 Å². The van der Waals surface area contributed by atoms with Crippen LogP contribution < -0.4 is 5.32 Å². The molecule has 0 radical (unpaired) electrons. The molecule has 1 saturated carbocycles. The molecule has 3 heterocycles. The molecule has 1 N–H and O–H groups in total. The molecule has 1 aromatic carbocycles. The highest BCUT2D eigenvalue weighted by atomic mass is 19.4. The van der Waals surface area contributed by atoms with Crippen molar-refractivity contribution in [3.63, 3.8) is 0 Å². The molecule has 1 fully saturated rings. The van der Waals surface area contributed by atoms with E-state index >= 15 is 0 Å². The van der Waals surface area contributed by atoms with Crippen molar-refractivity contribution in [1.82, 2.24) is 30.0 Å². The summed E-state index contributed by atoms with van der Waals surface area (Å²) in [5, 5.41) is 6.56. The minimum atomic E-state index is -4.44. The van der Waals surface area contributed by atoms with Gasteiger partial charge in [0.1, 0.15) is 17.8 Å². The fourth-order valence-electron chi connectivity index (χ4n) is 3.22. The Labute approximate surface area is 185 Å². The predicted octanol–water partition coefficient (Wildman–Crippen LogP) is 4.14. The molecule has 1 aliphatic rings. The maximum absolute atomic E-state index is 12.8. The van der Waals surface area contributed by atoms with Gasteiger partial charge in [-0.1, -0.05) is 17.3 Å². The highest BCUT2D eigenvalue weighted by Gasteiger charge is 2.30. The van der Waals surface area contributed by atoms with Gasteiger partial charge < -0.3 is 9.84 Å². The molecule has 1 aliphatic carbocycles. The lowest BCUT2D eigenvalue weighted by molar-refractivity contribution is -0.137. The van der Waals surface area contributed by atoms with Gasteiger partial charge in [0.2, 0.25) is 0 Å². The number of carbonyl (C=O) groups excluding carboxylic acids is 1. The largest absolute Gasteiger partial charge is 0.416 e. The average molecular weight is 454 g/mol. The molecular formula is C22H17F3N6O2. The van der Waals surface area contributed by atoms with Crippen LogP contribution >= 0.6 is 0 Å². The van der Waals surface area contributed by atoms with E-state index in [0.29, 0.717) is 34.6 Å². The van der Waals surface area contributed by atoms with Crippen LogP contribution in [0.2, 0.25) is 0 Å². The first kappa shape index (κ1) is 20.9. The Hall–Kier alpha value is -4.02. The third kappa shape index (κ3) is 4.61. The number of carbonyl (C=O) groups is 1. The van der Waals surface area contributed by atoms with Crippen LogP contribution in [-0.4, -0.2) is 30.6 Å². The van der Waals surface area contributed by atoms with E-state index in [4.69, 9.17) is 4.52 Å². The van der Waals surface area contributed by atoms with Crippen molar-refractivity contribution in [2.24, 2.45) is 0 Å². The molecule has 0 saturated heterocycles. The summed E-state index contributed by atoms with van der Waals surface area (Å²) < 4.78 is 45.4. The molecule has 8 nitrogen and oxygen atoms in total. The summed E-state index contributed by atoms with van der Waals surface area (Å²) in [5.41, 5.74) is 0.356. The van der Waals surface area contributed by atoms with Crippen LogP contribution in [0.15, 0.2) is 59.6 Å². The molecule has 168 valence electrons. The molecule has 33 heavy (non-hydrogen) atoms. The lowest BCUT2D eigenvalue weighted by Crippen LogP contribution is -2.23. The Morgan fingerprint density at radius 3 is 2.76 bits per heavy atom. The third-order valence-electron chi connectivity index (χ3n) is 5.17. The van der Waals surface area contributed by atoms with Gasteiger partial charge in [-0.3, -0.25) is 9.36 Å². The van der Waals surface area contributed by atoms with Crippen LogP contribution in [0.25, 0.3) is 17.3 Å². The predicted molar refractivity (Wildman–Crippen MR) is 109 cm³/mol. The first-order valence-electron chi connectivity index (χ1n) is 10.2. The number of nitrogens with zero attached hydrogens (tertiary/aromatic N) is 5. The number of alkyl halides is 3. The van der Waals surface area contributed by atoms with Crippen LogP contribution in [0.4, 0.5) is 13.2 Å². The topological polar surface area (TPSA) is 98.7 Å². The van der Waals surface area contributed by atoms with Crippen molar-refractivity contribution in [3.8, 4) is 17.3 Å². The number of imidazole rings is 1. The van der Waals surface area contributed by atoms with Gasteiger partial charge in [-0.25, -0.2) is 9.97 Å². The average Bonchev–Trinajstić information content (AvgIpc) is 3.33. The molecule has 0 atom stereocenters. The van der Waals surface area contributed by atoms with Gasteiger partial charge in [0.25, 0.3) is 11.8 Å². The van der Waals surface area contributed by atoms with Gasteiger partial charge in [-0.15, -0.1) is 0 Å². The fourth-order valence-corrected chi connectivity index (χ4v) is 3.22. The SMILES string of the molecule is O=C(NCc1cccc(C(F)(F)F)c1)c1cn(-c2ccc(-c3nc(C4CC4)no3)cn2)cn1. The second kappa shape index (κ2) is 8.15. The Kier molecular flexibility index (Phi) is 5.15. The minimum absolute atomic E-state index is 0.0599. The molecule has 1 amide bonds. The van der Waals surface area contributed by atoms with Gasteiger partial charge in [0.05, 0.1) is 11.1 Å². The summed E-state index contributed by atoms with van der Waals surface area (Å²) in [5.74, 6) is 1.51.